The number of Topliss-reactive ketones (excluding diaryl/α,β-unsaturated/α-hetero) is 1. The Morgan fingerprint density at radius 2 is 1.82 bits per heavy atom. The van der Waals surface area contributed by atoms with E-state index in [9.17, 15) is 24.5 Å². The molecule has 0 aliphatic carbocycles. The van der Waals surface area contributed by atoms with Gasteiger partial charge >= 0.3 is 5.97 Å². The number of hydrogen-bond donors (Lipinski definition) is 1. The second kappa shape index (κ2) is 11.1. The van der Waals surface area contributed by atoms with E-state index >= 15 is 0 Å². The number of carbonyl (C=O) groups excluding carboxylic acids is 3. The molecule has 0 bridgehead atoms. The van der Waals surface area contributed by atoms with Crippen LogP contribution in [0.4, 0.5) is 11.4 Å². The smallest absolute Gasteiger partial charge is 0.307 e. The molecule has 0 spiro atoms. The Morgan fingerprint density at radius 3 is 2.53 bits per heavy atom. The predicted molar refractivity (Wildman–Crippen MR) is 119 cm³/mol. The number of methoxy groups -OCH3 is 1. The summed E-state index contributed by atoms with van der Waals surface area (Å²) in [4.78, 5) is 47.4. The van der Waals surface area contributed by atoms with Crippen molar-refractivity contribution in [3.05, 3.63) is 52.1 Å². The van der Waals surface area contributed by atoms with Gasteiger partial charge in [0.25, 0.3) is 11.6 Å². The van der Waals surface area contributed by atoms with E-state index in [1.807, 2.05) is 0 Å². The van der Waals surface area contributed by atoms with Gasteiger partial charge in [-0.25, -0.2) is 0 Å². The molecule has 1 atom stereocenters. The number of ether oxygens (including phenoxy) is 4. The van der Waals surface area contributed by atoms with Gasteiger partial charge < -0.3 is 24.3 Å². The zero-order valence-electron chi connectivity index (χ0n) is 18.7. The Labute approximate surface area is 195 Å². The molecule has 3 rings (SSSR count). The summed E-state index contributed by atoms with van der Waals surface area (Å²) in [5.74, 6) is -0.483. The van der Waals surface area contributed by atoms with Crippen LogP contribution in [0.2, 0.25) is 0 Å². The Morgan fingerprint density at radius 1 is 1.09 bits per heavy atom. The Kier molecular flexibility index (Phi) is 8.01. The quantitative estimate of drug-likeness (QED) is 0.252. The standard InChI is InChI=1S/C23H24N2O9/c1-14(23(28)24-17-13-16(25(29)30)5-8-19(17)31-2)34-22(27)9-6-18(26)15-4-7-20-21(12-15)33-11-3-10-32-20/h4-5,7-8,12-14H,3,6,9-11H2,1-2H3,(H,24,28)/t14-/m1/s1. The number of nitro groups is 1. The van der Waals surface area contributed by atoms with E-state index in [4.69, 9.17) is 18.9 Å². The summed E-state index contributed by atoms with van der Waals surface area (Å²) < 4.78 is 21.3. The Hall–Kier alpha value is -4.15. The second-order valence-corrected chi connectivity index (χ2v) is 7.40. The molecule has 1 N–H and O–H groups in total. The molecule has 1 aliphatic heterocycles. The first kappa shape index (κ1) is 24.5. The van der Waals surface area contributed by atoms with Crippen LogP contribution in [0.3, 0.4) is 0 Å². The second-order valence-electron chi connectivity index (χ2n) is 7.40. The minimum atomic E-state index is -1.20. The molecule has 2 aromatic carbocycles. The molecule has 0 unspecified atom stereocenters. The van der Waals surface area contributed by atoms with E-state index in [2.05, 4.69) is 5.32 Å². The summed E-state index contributed by atoms with van der Waals surface area (Å²) >= 11 is 0. The number of carbonyl (C=O) groups is 3. The third kappa shape index (κ3) is 6.21. The number of amides is 1. The van der Waals surface area contributed by atoms with Crippen LogP contribution < -0.4 is 19.5 Å². The lowest BCUT2D eigenvalue weighted by molar-refractivity contribution is -0.384. The average molecular weight is 472 g/mol. The lowest BCUT2D eigenvalue weighted by Crippen LogP contribution is -2.30. The molecule has 11 heteroatoms. The fourth-order valence-electron chi connectivity index (χ4n) is 3.15. The van der Waals surface area contributed by atoms with Gasteiger partial charge in [0.1, 0.15) is 5.75 Å². The van der Waals surface area contributed by atoms with Gasteiger partial charge in [-0.1, -0.05) is 0 Å². The van der Waals surface area contributed by atoms with E-state index in [-0.39, 0.29) is 35.7 Å². The molecular weight excluding hydrogens is 448 g/mol. The van der Waals surface area contributed by atoms with Crippen LogP contribution in [-0.4, -0.2) is 49.0 Å². The van der Waals surface area contributed by atoms with Crippen molar-refractivity contribution >= 4 is 29.0 Å². The number of benzene rings is 2. The molecule has 0 aromatic heterocycles. The van der Waals surface area contributed by atoms with Crippen molar-refractivity contribution in [3.8, 4) is 17.2 Å². The predicted octanol–water partition coefficient (Wildman–Crippen LogP) is 3.30. The van der Waals surface area contributed by atoms with E-state index in [0.29, 0.717) is 30.3 Å². The van der Waals surface area contributed by atoms with Gasteiger partial charge in [-0.05, 0) is 31.2 Å². The highest BCUT2D eigenvalue weighted by Crippen LogP contribution is 2.31. The van der Waals surface area contributed by atoms with Gasteiger partial charge in [-0.15, -0.1) is 0 Å². The van der Waals surface area contributed by atoms with E-state index in [1.165, 1.54) is 26.2 Å². The number of hydrogen-bond acceptors (Lipinski definition) is 9. The first-order valence-electron chi connectivity index (χ1n) is 10.5. The van der Waals surface area contributed by atoms with Crippen LogP contribution in [0.1, 0.15) is 36.5 Å². The van der Waals surface area contributed by atoms with Gasteiger partial charge in [-0.2, -0.15) is 0 Å². The van der Waals surface area contributed by atoms with Gasteiger partial charge in [0.15, 0.2) is 23.4 Å². The van der Waals surface area contributed by atoms with E-state index < -0.39 is 22.9 Å². The summed E-state index contributed by atoms with van der Waals surface area (Å²) in [7, 11) is 1.35. The molecule has 2 aromatic rings. The number of nitrogens with zero attached hydrogens (tertiary/aromatic N) is 1. The Bertz CT molecular complexity index is 1100. The lowest BCUT2D eigenvalue weighted by Gasteiger charge is -2.15. The summed E-state index contributed by atoms with van der Waals surface area (Å²) in [6.45, 7) is 2.37. The molecule has 1 aliphatic rings. The van der Waals surface area contributed by atoms with Crippen molar-refractivity contribution in [3.63, 3.8) is 0 Å². The molecule has 34 heavy (non-hydrogen) atoms. The summed E-state index contributed by atoms with van der Waals surface area (Å²) in [5, 5.41) is 13.4. The van der Waals surface area contributed by atoms with Gasteiger partial charge in [0.2, 0.25) is 0 Å². The molecule has 1 amide bonds. The fraction of sp³-hybridized carbons (Fsp3) is 0.348. The highest BCUT2D eigenvalue weighted by Gasteiger charge is 2.22. The fourth-order valence-corrected chi connectivity index (χ4v) is 3.15. The van der Waals surface area contributed by atoms with Crippen LogP contribution >= 0.6 is 0 Å². The van der Waals surface area contributed by atoms with E-state index in [1.54, 1.807) is 18.2 Å². The van der Waals surface area contributed by atoms with Crippen molar-refractivity contribution < 1.29 is 38.3 Å². The monoisotopic (exact) mass is 472 g/mol. The number of ketones is 1. The zero-order valence-corrected chi connectivity index (χ0v) is 18.7. The van der Waals surface area contributed by atoms with Crippen molar-refractivity contribution in [1.82, 2.24) is 0 Å². The van der Waals surface area contributed by atoms with Crippen molar-refractivity contribution in [2.24, 2.45) is 0 Å². The topological polar surface area (TPSA) is 143 Å². The zero-order chi connectivity index (χ0) is 24.7. The number of nitrogens with one attached hydrogen (secondary N) is 1. The number of nitro benzene ring substituents is 1. The third-order valence-corrected chi connectivity index (χ3v) is 4.95. The molecule has 0 fully saturated rings. The minimum absolute atomic E-state index is 0.0641. The third-order valence-electron chi connectivity index (χ3n) is 4.95. The highest BCUT2D eigenvalue weighted by atomic mass is 16.6. The summed E-state index contributed by atoms with van der Waals surface area (Å²) in [6, 6.07) is 8.55. The van der Waals surface area contributed by atoms with Crippen molar-refractivity contribution in [2.75, 3.05) is 25.6 Å². The number of fused-ring (bicyclic) bond motifs is 1. The van der Waals surface area contributed by atoms with Crippen LogP contribution in [0.5, 0.6) is 17.2 Å². The maximum absolute atomic E-state index is 12.5. The molecule has 0 radical (unpaired) electrons. The van der Waals surface area contributed by atoms with Crippen molar-refractivity contribution in [2.45, 2.75) is 32.3 Å². The molecule has 180 valence electrons. The summed E-state index contributed by atoms with van der Waals surface area (Å²) in [5.41, 5.74) is 0.198. The Balaban J connectivity index is 1.53. The van der Waals surface area contributed by atoms with Crippen LogP contribution in [-0.2, 0) is 14.3 Å². The lowest BCUT2D eigenvalue weighted by atomic mass is 10.1. The maximum Gasteiger partial charge on any atom is 0.307 e. The van der Waals surface area contributed by atoms with E-state index in [0.717, 1.165) is 12.5 Å². The number of rotatable bonds is 9. The minimum Gasteiger partial charge on any atom is -0.495 e. The maximum atomic E-state index is 12.5. The SMILES string of the molecule is COc1ccc([N+](=O)[O-])cc1NC(=O)[C@@H](C)OC(=O)CCC(=O)c1ccc2c(c1)OCCCO2. The first-order valence-corrected chi connectivity index (χ1v) is 10.5. The number of anilines is 1. The molecule has 11 nitrogen and oxygen atoms in total. The van der Waals surface area contributed by atoms with Gasteiger partial charge in [-0.3, -0.25) is 24.5 Å². The largest absolute Gasteiger partial charge is 0.495 e. The molecule has 0 saturated heterocycles. The normalized spacial score (nSPS) is 13.2. The van der Waals surface area contributed by atoms with Crippen LogP contribution in [0.25, 0.3) is 0 Å². The van der Waals surface area contributed by atoms with Gasteiger partial charge in [0.05, 0.1) is 37.4 Å². The number of esters is 1. The van der Waals surface area contributed by atoms with Crippen LogP contribution in [0, 0.1) is 10.1 Å². The number of non-ortho nitro benzene ring substituents is 1. The summed E-state index contributed by atoms with van der Waals surface area (Å²) in [6.07, 6.45) is -0.815. The highest BCUT2D eigenvalue weighted by molar-refractivity contribution is 5.99. The van der Waals surface area contributed by atoms with Gasteiger partial charge in [0, 0.05) is 30.5 Å². The average Bonchev–Trinajstić information content (AvgIpc) is 3.07. The molecule has 1 heterocycles. The van der Waals surface area contributed by atoms with Crippen LogP contribution in [0.15, 0.2) is 36.4 Å². The molecular formula is C23H24N2O9. The molecule has 0 saturated carbocycles. The van der Waals surface area contributed by atoms with Crippen molar-refractivity contribution in [1.29, 1.82) is 0 Å². The first-order chi connectivity index (χ1) is 16.3.